The number of nitrogens with zero attached hydrogens (tertiary/aromatic N) is 7. The van der Waals surface area contributed by atoms with E-state index in [1.54, 1.807) is 16.8 Å². The van der Waals surface area contributed by atoms with Crippen LogP contribution in [0.1, 0.15) is 5.69 Å². The van der Waals surface area contributed by atoms with Crippen LogP contribution in [0.2, 0.25) is 0 Å². The molecule has 0 bridgehead atoms. The monoisotopic (exact) mass is 426 g/mol. The highest BCUT2D eigenvalue weighted by Gasteiger charge is 2.18. The first-order chi connectivity index (χ1) is 15.6. The number of nitrogen functional groups attached to an aromatic ring is 1. The Kier molecular flexibility index (Phi) is 3.88. The van der Waals surface area contributed by atoms with Gasteiger partial charge in [-0.2, -0.15) is 5.10 Å². The fourth-order valence-electron chi connectivity index (χ4n) is 3.98. The van der Waals surface area contributed by atoms with Gasteiger partial charge in [-0.15, -0.1) is 0 Å². The van der Waals surface area contributed by atoms with Crippen molar-refractivity contribution >= 4 is 39.8 Å². The molecule has 2 N–H and O–H groups in total. The summed E-state index contributed by atoms with van der Waals surface area (Å²) in [6, 6.07) is 13.1. The number of aromatic nitrogens is 5. The topological polar surface area (TPSA) is 120 Å². The number of fused-ring (bicyclic) bond motifs is 2. The van der Waals surface area contributed by atoms with Crippen LogP contribution in [0.15, 0.2) is 63.1 Å². The van der Waals surface area contributed by atoms with Gasteiger partial charge in [-0.3, -0.25) is 14.4 Å². The molecular weight excluding hydrogens is 408 g/mol. The van der Waals surface area contributed by atoms with Crippen molar-refractivity contribution < 1.29 is 4.52 Å². The standard InChI is InChI=1S/C22H18N8O2/c1-13-19-20(30(26-13)16-6-7-18-17(10-16)21(23)27-32-18)22(31)29(12-25-19)15-4-2-14(3-5-15)28-9-8-24-11-28/h2-7,10-12H,8-9H2,1H3,(H2,23,27). The number of hydrogen-bond donors (Lipinski definition) is 1. The van der Waals surface area contributed by atoms with Crippen LogP contribution in [-0.4, -0.2) is 43.9 Å². The molecule has 2 aromatic carbocycles. The molecule has 6 rings (SSSR count). The van der Waals surface area contributed by atoms with E-state index in [-0.39, 0.29) is 11.4 Å². The Labute approximate surface area is 181 Å². The molecule has 3 aromatic heterocycles. The number of rotatable bonds is 3. The summed E-state index contributed by atoms with van der Waals surface area (Å²) in [5.41, 5.74) is 10.3. The molecule has 0 fully saturated rings. The first-order valence-corrected chi connectivity index (χ1v) is 10.1. The zero-order valence-corrected chi connectivity index (χ0v) is 17.1. The SMILES string of the molecule is Cc1nn(-c2ccc3onc(N)c3c2)c2c(=O)n(-c3ccc(N4C=NCC4)cc3)cnc12. The third-order valence-corrected chi connectivity index (χ3v) is 5.63. The van der Waals surface area contributed by atoms with Crippen LogP contribution in [0, 0.1) is 6.92 Å². The van der Waals surface area contributed by atoms with E-state index in [4.69, 9.17) is 10.3 Å². The smallest absolute Gasteiger partial charge is 0.284 e. The van der Waals surface area contributed by atoms with Gasteiger partial charge in [0, 0.05) is 12.2 Å². The van der Waals surface area contributed by atoms with Crippen molar-refractivity contribution in [1.82, 2.24) is 24.5 Å². The van der Waals surface area contributed by atoms with Gasteiger partial charge in [-0.25, -0.2) is 9.67 Å². The van der Waals surface area contributed by atoms with E-state index < -0.39 is 0 Å². The maximum absolute atomic E-state index is 13.5. The maximum Gasteiger partial charge on any atom is 0.284 e. The maximum atomic E-state index is 13.5. The van der Waals surface area contributed by atoms with Gasteiger partial charge in [0.2, 0.25) is 0 Å². The Balaban J connectivity index is 1.50. The minimum atomic E-state index is -0.218. The van der Waals surface area contributed by atoms with Crippen LogP contribution in [-0.2, 0) is 0 Å². The van der Waals surface area contributed by atoms with Crippen molar-refractivity contribution in [1.29, 1.82) is 0 Å². The average Bonchev–Trinajstić information content (AvgIpc) is 3.55. The van der Waals surface area contributed by atoms with Crippen molar-refractivity contribution in [3.8, 4) is 11.4 Å². The van der Waals surface area contributed by atoms with E-state index in [1.807, 2.05) is 43.6 Å². The lowest BCUT2D eigenvalue weighted by Crippen LogP contribution is -2.21. The largest absolute Gasteiger partial charge is 0.380 e. The second-order valence-corrected chi connectivity index (χ2v) is 7.59. The highest BCUT2D eigenvalue weighted by molar-refractivity contribution is 5.89. The number of aryl methyl sites for hydroxylation is 1. The number of aliphatic imine (C=N–C) groups is 1. The molecule has 32 heavy (non-hydrogen) atoms. The van der Waals surface area contributed by atoms with Crippen molar-refractivity contribution in [2.75, 3.05) is 23.7 Å². The van der Waals surface area contributed by atoms with E-state index in [9.17, 15) is 4.79 Å². The molecule has 0 spiro atoms. The normalized spacial score (nSPS) is 13.6. The lowest BCUT2D eigenvalue weighted by atomic mass is 10.2. The minimum Gasteiger partial charge on any atom is -0.380 e. The quantitative estimate of drug-likeness (QED) is 0.470. The summed E-state index contributed by atoms with van der Waals surface area (Å²) < 4.78 is 8.30. The van der Waals surface area contributed by atoms with Crippen molar-refractivity contribution in [3.63, 3.8) is 0 Å². The van der Waals surface area contributed by atoms with Crippen LogP contribution < -0.4 is 16.2 Å². The molecular formula is C22H18N8O2. The Bertz CT molecular complexity index is 1580. The molecule has 158 valence electrons. The molecule has 0 aliphatic carbocycles. The molecule has 5 aromatic rings. The van der Waals surface area contributed by atoms with Gasteiger partial charge in [0.15, 0.2) is 16.9 Å². The zero-order chi connectivity index (χ0) is 21.8. The van der Waals surface area contributed by atoms with E-state index in [0.29, 0.717) is 39.1 Å². The van der Waals surface area contributed by atoms with Gasteiger partial charge in [0.25, 0.3) is 5.56 Å². The summed E-state index contributed by atoms with van der Waals surface area (Å²) in [4.78, 5) is 24.4. The molecule has 0 atom stereocenters. The van der Waals surface area contributed by atoms with E-state index in [2.05, 4.69) is 25.1 Å². The number of benzene rings is 2. The first-order valence-electron chi connectivity index (χ1n) is 10.1. The Morgan fingerprint density at radius 3 is 2.62 bits per heavy atom. The molecule has 0 radical (unpaired) electrons. The molecule has 0 saturated carbocycles. The third kappa shape index (κ3) is 2.69. The molecule has 0 amide bonds. The number of hydrogen-bond acceptors (Lipinski definition) is 8. The van der Waals surface area contributed by atoms with Crippen molar-refractivity contribution in [3.05, 3.63) is 64.8 Å². The molecule has 4 heterocycles. The summed E-state index contributed by atoms with van der Waals surface area (Å²) in [6.07, 6.45) is 3.37. The second kappa shape index (κ2) is 6.77. The van der Waals surface area contributed by atoms with Gasteiger partial charge in [0.1, 0.15) is 11.8 Å². The fourth-order valence-corrected chi connectivity index (χ4v) is 3.98. The van der Waals surface area contributed by atoms with Gasteiger partial charge < -0.3 is 15.2 Å². The zero-order valence-electron chi connectivity index (χ0n) is 17.1. The molecule has 0 unspecified atom stereocenters. The van der Waals surface area contributed by atoms with Crippen LogP contribution >= 0.6 is 0 Å². The predicted octanol–water partition coefficient (Wildman–Crippen LogP) is 2.45. The average molecular weight is 426 g/mol. The molecule has 10 nitrogen and oxygen atoms in total. The highest BCUT2D eigenvalue weighted by Crippen LogP contribution is 2.25. The van der Waals surface area contributed by atoms with E-state index in [1.165, 1.54) is 10.9 Å². The van der Waals surface area contributed by atoms with Gasteiger partial charge >= 0.3 is 0 Å². The van der Waals surface area contributed by atoms with Gasteiger partial charge in [-0.05, 0) is 49.4 Å². The molecule has 1 aliphatic rings. The Morgan fingerprint density at radius 2 is 1.84 bits per heavy atom. The number of nitrogens with two attached hydrogens (primary N) is 1. The fraction of sp³-hybridized carbons (Fsp3) is 0.136. The number of anilines is 2. The summed E-state index contributed by atoms with van der Waals surface area (Å²) in [6.45, 7) is 3.47. The van der Waals surface area contributed by atoms with Crippen LogP contribution in [0.3, 0.4) is 0 Å². The van der Waals surface area contributed by atoms with Crippen molar-refractivity contribution in [2.45, 2.75) is 6.92 Å². The molecule has 0 saturated heterocycles. The van der Waals surface area contributed by atoms with Crippen molar-refractivity contribution in [2.24, 2.45) is 4.99 Å². The van der Waals surface area contributed by atoms with Gasteiger partial charge in [0.05, 0.1) is 35.3 Å². The first kappa shape index (κ1) is 18.3. The van der Waals surface area contributed by atoms with E-state index in [0.717, 1.165) is 18.8 Å². The molecule has 10 heteroatoms. The molecule has 1 aliphatic heterocycles. The van der Waals surface area contributed by atoms with Crippen LogP contribution in [0.25, 0.3) is 33.4 Å². The highest BCUT2D eigenvalue weighted by atomic mass is 16.5. The van der Waals surface area contributed by atoms with E-state index >= 15 is 0 Å². The predicted molar refractivity (Wildman–Crippen MR) is 122 cm³/mol. The Morgan fingerprint density at radius 1 is 1.06 bits per heavy atom. The van der Waals surface area contributed by atoms with Gasteiger partial charge in [-0.1, -0.05) is 5.16 Å². The Hall–Kier alpha value is -4.47. The lowest BCUT2D eigenvalue weighted by molar-refractivity contribution is 0.460. The minimum absolute atomic E-state index is 0.218. The summed E-state index contributed by atoms with van der Waals surface area (Å²) in [7, 11) is 0. The third-order valence-electron chi connectivity index (χ3n) is 5.63. The van der Waals surface area contributed by atoms with Crippen LogP contribution in [0.4, 0.5) is 11.5 Å². The summed E-state index contributed by atoms with van der Waals surface area (Å²) in [5.74, 6) is 0.286. The summed E-state index contributed by atoms with van der Waals surface area (Å²) in [5, 5.41) is 9.02. The summed E-state index contributed by atoms with van der Waals surface area (Å²) >= 11 is 0. The lowest BCUT2D eigenvalue weighted by Gasteiger charge is -2.14. The second-order valence-electron chi connectivity index (χ2n) is 7.59. The van der Waals surface area contributed by atoms with Crippen LogP contribution in [0.5, 0.6) is 0 Å².